The van der Waals surface area contributed by atoms with Crippen molar-refractivity contribution in [1.29, 1.82) is 0 Å². The van der Waals surface area contributed by atoms with Crippen molar-refractivity contribution >= 4 is 5.91 Å². The van der Waals surface area contributed by atoms with E-state index in [9.17, 15) is 9.18 Å². The van der Waals surface area contributed by atoms with E-state index in [2.05, 4.69) is 15.3 Å². The molecule has 0 spiro atoms. The van der Waals surface area contributed by atoms with Gasteiger partial charge in [-0.05, 0) is 23.8 Å². The second-order valence-electron chi connectivity index (χ2n) is 6.24. The monoisotopic (exact) mass is 362 g/mol. The van der Waals surface area contributed by atoms with Crippen LogP contribution in [0, 0.1) is 5.82 Å². The number of nitrogens with one attached hydrogen (secondary N) is 1. The van der Waals surface area contributed by atoms with E-state index in [1.165, 1.54) is 20.3 Å². The van der Waals surface area contributed by atoms with Gasteiger partial charge in [-0.2, -0.15) is 5.10 Å². The first kappa shape index (κ1) is 18.3. The highest BCUT2D eigenvalue weighted by Gasteiger charge is 2.19. The number of aromatic nitrogens is 2. The van der Waals surface area contributed by atoms with E-state index in [1.807, 2.05) is 16.8 Å². The van der Waals surface area contributed by atoms with Crippen LogP contribution >= 0.6 is 0 Å². The molecule has 0 saturated heterocycles. The van der Waals surface area contributed by atoms with Gasteiger partial charge >= 0.3 is 0 Å². The van der Waals surface area contributed by atoms with E-state index in [0.29, 0.717) is 13.1 Å². The zero-order chi connectivity index (χ0) is 18.5. The maximum Gasteiger partial charge on any atom is 0.246 e. The summed E-state index contributed by atoms with van der Waals surface area (Å²) in [5.41, 5.74) is 2.81. The number of benzene rings is 1. The van der Waals surface area contributed by atoms with Gasteiger partial charge < -0.3 is 14.8 Å². The molecule has 2 aromatic rings. The number of hydrogen-bond acceptors (Lipinski definition) is 5. The maximum atomic E-state index is 13.9. The molecule has 1 aliphatic rings. The lowest BCUT2D eigenvalue weighted by Crippen LogP contribution is -2.33. The van der Waals surface area contributed by atoms with Gasteiger partial charge in [-0.25, -0.2) is 4.39 Å². The van der Waals surface area contributed by atoms with Crippen molar-refractivity contribution in [2.24, 2.45) is 0 Å². The number of amides is 1. The zero-order valence-electron chi connectivity index (χ0n) is 15.0. The van der Waals surface area contributed by atoms with Crippen LogP contribution in [0.3, 0.4) is 0 Å². The van der Waals surface area contributed by atoms with E-state index >= 15 is 0 Å². The summed E-state index contributed by atoms with van der Waals surface area (Å²) in [6, 6.07) is 7.04. The van der Waals surface area contributed by atoms with Crippen LogP contribution in [-0.2, 0) is 35.7 Å². The fourth-order valence-electron chi connectivity index (χ4n) is 3.04. The van der Waals surface area contributed by atoms with Crippen molar-refractivity contribution in [3.05, 3.63) is 47.0 Å². The molecule has 0 bridgehead atoms. The number of methoxy groups -OCH3 is 2. The minimum atomic E-state index is -0.346. The molecule has 2 heterocycles. The first-order valence-corrected chi connectivity index (χ1v) is 8.45. The van der Waals surface area contributed by atoms with Crippen LogP contribution in [0.2, 0.25) is 0 Å². The number of hydrogen-bond donors (Lipinski definition) is 1. The maximum absolute atomic E-state index is 13.9. The van der Waals surface area contributed by atoms with Gasteiger partial charge in [-0.15, -0.1) is 0 Å². The Labute approximate surface area is 151 Å². The molecule has 0 saturated carbocycles. The van der Waals surface area contributed by atoms with E-state index in [0.717, 1.165) is 36.6 Å². The van der Waals surface area contributed by atoms with Crippen LogP contribution < -0.4 is 10.1 Å². The third kappa shape index (κ3) is 4.39. The van der Waals surface area contributed by atoms with Crippen molar-refractivity contribution in [2.75, 3.05) is 27.4 Å². The molecule has 140 valence electrons. The van der Waals surface area contributed by atoms with Gasteiger partial charge in [0.25, 0.3) is 0 Å². The molecule has 3 rings (SSSR count). The smallest absolute Gasteiger partial charge is 0.246 e. The van der Waals surface area contributed by atoms with Gasteiger partial charge in [-0.1, -0.05) is 6.07 Å². The highest BCUT2D eigenvalue weighted by molar-refractivity contribution is 5.77. The Bertz CT molecular complexity index is 778. The summed E-state index contributed by atoms with van der Waals surface area (Å²) in [6.45, 7) is 3.40. The van der Waals surface area contributed by atoms with Crippen LogP contribution in [0.1, 0.15) is 17.0 Å². The lowest BCUT2D eigenvalue weighted by molar-refractivity contribution is -0.124. The Morgan fingerprint density at radius 2 is 2.15 bits per heavy atom. The molecule has 0 radical (unpaired) electrons. The number of rotatable bonds is 7. The third-order valence-corrected chi connectivity index (χ3v) is 4.29. The number of fused-ring (bicyclic) bond motifs is 1. The molecule has 26 heavy (non-hydrogen) atoms. The summed E-state index contributed by atoms with van der Waals surface area (Å²) in [5.74, 6) is -0.256. The Kier molecular flexibility index (Phi) is 5.85. The normalized spacial score (nSPS) is 14.1. The average molecular weight is 362 g/mol. The third-order valence-electron chi connectivity index (χ3n) is 4.29. The summed E-state index contributed by atoms with van der Waals surface area (Å²) in [6.07, 6.45) is 0. The van der Waals surface area contributed by atoms with Crippen molar-refractivity contribution in [2.45, 2.75) is 26.2 Å². The summed E-state index contributed by atoms with van der Waals surface area (Å²) in [7, 11) is 2.94. The first-order valence-electron chi connectivity index (χ1n) is 8.45. The lowest BCUT2D eigenvalue weighted by Gasteiger charge is -2.27. The van der Waals surface area contributed by atoms with E-state index < -0.39 is 0 Å². The highest BCUT2D eigenvalue weighted by atomic mass is 19.1. The van der Waals surface area contributed by atoms with E-state index in [-0.39, 0.29) is 24.1 Å². The first-order chi connectivity index (χ1) is 12.6. The number of nitrogens with zero attached hydrogens (tertiary/aromatic N) is 3. The van der Waals surface area contributed by atoms with Crippen LogP contribution in [0.4, 0.5) is 4.39 Å². The highest BCUT2D eigenvalue weighted by Crippen LogP contribution is 2.21. The zero-order valence-corrected chi connectivity index (χ0v) is 15.0. The van der Waals surface area contributed by atoms with Crippen LogP contribution in [0.15, 0.2) is 24.3 Å². The predicted molar refractivity (Wildman–Crippen MR) is 93.0 cm³/mol. The van der Waals surface area contributed by atoms with Gasteiger partial charge in [0, 0.05) is 26.7 Å². The number of carbonyl (C=O) groups excluding carboxylic acids is 1. The Morgan fingerprint density at radius 3 is 2.88 bits per heavy atom. The van der Waals surface area contributed by atoms with Crippen LogP contribution in [0.25, 0.3) is 0 Å². The minimum Gasteiger partial charge on any atom is -0.494 e. The second kappa shape index (κ2) is 8.29. The SMILES string of the molecule is COCC(=O)NCc1cc2n(n1)CCN(Cc1ccc(OC)c(F)c1)C2. The molecule has 7 nitrogen and oxygen atoms in total. The molecule has 1 aromatic carbocycles. The van der Waals surface area contributed by atoms with Crippen molar-refractivity contribution in [1.82, 2.24) is 20.0 Å². The molecule has 0 unspecified atom stereocenters. The molecule has 1 N–H and O–H groups in total. The fourth-order valence-corrected chi connectivity index (χ4v) is 3.04. The van der Waals surface area contributed by atoms with Crippen LogP contribution in [-0.4, -0.2) is 48.0 Å². The van der Waals surface area contributed by atoms with E-state index in [4.69, 9.17) is 9.47 Å². The van der Waals surface area contributed by atoms with Gasteiger partial charge in [0.2, 0.25) is 5.91 Å². The van der Waals surface area contributed by atoms with Gasteiger partial charge in [0.05, 0.1) is 31.6 Å². The molecule has 0 atom stereocenters. The largest absolute Gasteiger partial charge is 0.494 e. The molecule has 8 heteroatoms. The van der Waals surface area contributed by atoms with Crippen molar-refractivity contribution in [3.8, 4) is 5.75 Å². The summed E-state index contributed by atoms with van der Waals surface area (Å²) < 4.78 is 25.6. The predicted octanol–water partition coefficient (Wildman–Crippen LogP) is 1.31. The Balaban J connectivity index is 1.59. The second-order valence-corrected chi connectivity index (χ2v) is 6.24. The standard InChI is InChI=1S/C18H23FN4O3/c1-25-12-18(24)20-9-14-8-15-11-22(5-6-23(15)21-14)10-13-3-4-17(26-2)16(19)7-13/h3-4,7-8H,5-6,9-12H2,1-2H3,(H,20,24). The summed E-state index contributed by atoms with van der Waals surface area (Å²) >= 11 is 0. The van der Waals surface area contributed by atoms with Crippen LogP contribution in [0.5, 0.6) is 5.75 Å². The molecule has 1 aliphatic heterocycles. The molecule has 0 fully saturated rings. The molecular formula is C18H23FN4O3. The Morgan fingerprint density at radius 1 is 1.31 bits per heavy atom. The van der Waals surface area contributed by atoms with Gasteiger partial charge in [0.1, 0.15) is 6.61 Å². The topological polar surface area (TPSA) is 68.6 Å². The number of ether oxygens (including phenoxy) is 2. The number of halogens is 1. The number of carbonyl (C=O) groups is 1. The quantitative estimate of drug-likeness (QED) is 0.804. The van der Waals surface area contributed by atoms with Crippen molar-refractivity contribution < 1.29 is 18.7 Å². The summed E-state index contributed by atoms with van der Waals surface area (Å²) in [5, 5.41) is 7.29. The molecule has 0 aliphatic carbocycles. The molecular weight excluding hydrogens is 339 g/mol. The average Bonchev–Trinajstić information content (AvgIpc) is 3.03. The molecule has 1 amide bonds. The minimum absolute atomic E-state index is 0.0414. The van der Waals surface area contributed by atoms with Crippen molar-refractivity contribution in [3.63, 3.8) is 0 Å². The fraction of sp³-hybridized carbons (Fsp3) is 0.444. The lowest BCUT2D eigenvalue weighted by atomic mass is 10.1. The molecule has 1 aromatic heterocycles. The van der Waals surface area contributed by atoms with Gasteiger partial charge in [-0.3, -0.25) is 14.4 Å². The Hall–Kier alpha value is -2.45. The summed E-state index contributed by atoms with van der Waals surface area (Å²) in [4.78, 5) is 13.7. The van der Waals surface area contributed by atoms with E-state index in [1.54, 1.807) is 6.07 Å². The van der Waals surface area contributed by atoms with Gasteiger partial charge in [0.15, 0.2) is 11.6 Å².